The summed E-state index contributed by atoms with van der Waals surface area (Å²) < 4.78 is 27.9. The van der Waals surface area contributed by atoms with Gasteiger partial charge in [-0.05, 0) is 29.3 Å². The fourth-order valence-electron chi connectivity index (χ4n) is 1.78. The second-order valence-electron chi connectivity index (χ2n) is 4.12. The number of aliphatic hydroxyl groups is 1. The van der Waals surface area contributed by atoms with E-state index in [2.05, 4.69) is 31.9 Å². The third-order valence-corrected chi connectivity index (χ3v) is 3.93. The maximum atomic E-state index is 13.5. The maximum absolute atomic E-state index is 13.5. The van der Waals surface area contributed by atoms with E-state index in [9.17, 15) is 13.9 Å². The van der Waals surface area contributed by atoms with Crippen molar-refractivity contribution in [1.29, 1.82) is 0 Å². The molecule has 0 aromatic heterocycles. The molecule has 1 nitrogen and oxygen atoms in total. The SMILES string of the molecule is OC(Cc1ccc(F)cc1F)c1ccc(Br)cc1Br. The summed E-state index contributed by atoms with van der Waals surface area (Å²) in [6.07, 6.45) is -0.769. The number of hydrogen-bond donors (Lipinski definition) is 1. The maximum Gasteiger partial charge on any atom is 0.129 e. The Morgan fingerprint density at radius 1 is 1.05 bits per heavy atom. The van der Waals surface area contributed by atoms with Gasteiger partial charge in [0.05, 0.1) is 6.10 Å². The molecular weight excluding hydrogens is 382 g/mol. The second-order valence-corrected chi connectivity index (χ2v) is 5.89. The fourth-order valence-corrected chi connectivity index (χ4v) is 3.09. The summed E-state index contributed by atoms with van der Waals surface area (Å²) in [5, 5.41) is 10.1. The summed E-state index contributed by atoms with van der Waals surface area (Å²) in [6.45, 7) is 0. The number of rotatable bonds is 3. The molecule has 0 radical (unpaired) electrons. The summed E-state index contributed by atoms with van der Waals surface area (Å²) >= 11 is 6.67. The van der Waals surface area contributed by atoms with E-state index in [1.165, 1.54) is 12.1 Å². The van der Waals surface area contributed by atoms with E-state index < -0.39 is 17.7 Å². The zero-order valence-corrected chi connectivity index (χ0v) is 12.9. The quantitative estimate of drug-likeness (QED) is 0.799. The Labute approximate surface area is 126 Å². The van der Waals surface area contributed by atoms with Crippen LogP contribution < -0.4 is 0 Å². The van der Waals surface area contributed by atoms with E-state index in [-0.39, 0.29) is 12.0 Å². The van der Waals surface area contributed by atoms with E-state index in [4.69, 9.17) is 0 Å². The third-order valence-electron chi connectivity index (χ3n) is 2.75. The zero-order chi connectivity index (χ0) is 14.0. The Kier molecular flexibility index (Phi) is 4.71. The van der Waals surface area contributed by atoms with Gasteiger partial charge >= 0.3 is 0 Å². The number of benzene rings is 2. The topological polar surface area (TPSA) is 20.2 Å². The van der Waals surface area contributed by atoms with Crippen LogP contribution in [-0.4, -0.2) is 5.11 Å². The van der Waals surface area contributed by atoms with E-state index in [0.717, 1.165) is 15.0 Å². The summed E-state index contributed by atoms with van der Waals surface area (Å²) in [4.78, 5) is 0. The van der Waals surface area contributed by atoms with Gasteiger partial charge in [0.1, 0.15) is 11.6 Å². The standard InChI is InChI=1S/C14H10Br2F2O/c15-9-2-4-11(12(16)6-9)14(19)5-8-1-3-10(17)7-13(8)18/h1-4,6-7,14,19H,5H2. The number of halogens is 4. The van der Waals surface area contributed by atoms with Gasteiger partial charge < -0.3 is 5.11 Å². The van der Waals surface area contributed by atoms with Gasteiger partial charge in [0.2, 0.25) is 0 Å². The van der Waals surface area contributed by atoms with Crippen LogP contribution in [0.25, 0.3) is 0 Å². The Hall–Kier alpha value is -0.780. The van der Waals surface area contributed by atoms with Gasteiger partial charge in [-0.25, -0.2) is 8.78 Å². The molecule has 5 heteroatoms. The van der Waals surface area contributed by atoms with Crippen molar-refractivity contribution in [2.24, 2.45) is 0 Å². The van der Waals surface area contributed by atoms with Crippen LogP contribution in [0, 0.1) is 11.6 Å². The second kappa shape index (κ2) is 6.11. The van der Waals surface area contributed by atoms with Crippen LogP contribution in [0.3, 0.4) is 0 Å². The van der Waals surface area contributed by atoms with Crippen molar-refractivity contribution in [2.75, 3.05) is 0 Å². The van der Waals surface area contributed by atoms with Crippen molar-refractivity contribution >= 4 is 31.9 Å². The smallest absolute Gasteiger partial charge is 0.129 e. The monoisotopic (exact) mass is 390 g/mol. The summed E-state index contributed by atoms with van der Waals surface area (Å²) in [7, 11) is 0. The van der Waals surface area contributed by atoms with Crippen molar-refractivity contribution in [2.45, 2.75) is 12.5 Å². The molecular formula is C14H10Br2F2O. The van der Waals surface area contributed by atoms with Crippen molar-refractivity contribution < 1.29 is 13.9 Å². The van der Waals surface area contributed by atoms with E-state index in [1.807, 2.05) is 0 Å². The first-order chi connectivity index (χ1) is 8.97. The molecule has 1 N–H and O–H groups in total. The van der Waals surface area contributed by atoms with Crippen LogP contribution in [-0.2, 0) is 6.42 Å². The Balaban J connectivity index is 2.23. The lowest BCUT2D eigenvalue weighted by molar-refractivity contribution is 0.176. The first-order valence-electron chi connectivity index (χ1n) is 5.54. The first kappa shape index (κ1) is 14.6. The molecule has 1 unspecified atom stereocenters. The predicted molar refractivity (Wildman–Crippen MR) is 76.9 cm³/mol. The van der Waals surface area contributed by atoms with E-state index in [0.29, 0.717) is 5.56 Å². The van der Waals surface area contributed by atoms with Gasteiger partial charge in [0.15, 0.2) is 0 Å². The molecule has 2 aromatic rings. The van der Waals surface area contributed by atoms with Gasteiger partial charge in [-0.2, -0.15) is 0 Å². The highest BCUT2D eigenvalue weighted by Gasteiger charge is 2.15. The molecule has 0 saturated heterocycles. The highest BCUT2D eigenvalue weighted by molar-refractivity contribution is 9.11. The Morgan fingerprint density at radius 3 is 2.42 bits per heavy atom. The highest BCUT2D eigenvalue weighted by atomic mass is 79.9. The van der Waals surface area contributed by atoms with Gasteiger partial charge in [-0.3, -0.25) is 0 Å². The minimum absolute atomic E-state index is 0.0896. The lowest BCUT2D eigenvalue weighted by Crippen LogP contribution is -2.04. The van der Waals surface area contributed by atoms with E-state index >= 15 is 0 Å². The molecule has 2 aromatic carbocycles. The summed E-state index contributed by atoms with van der Waals surface area (Å²) in [5.41, 5.74) is 0.940. The van der Waals surface area contributed by atoms with Gasteiger partial charge in [0.25, 0.3) is 0 Å². The Bertz CT molecular complexity index is 602. The average molecular weight is 392 g/mol. The molecule has 1 atom stereocenters. The third kappa shape index (κ3) is 3.61. The number of hydrogen-bond acceptors (Lipinski definition) is 1. The van der Waals surface area contributed by atoms with Crippen molar-refractivity contribution in [3.63, 3.8) is 0 Å². The van der Waals surface area contributed by atoms with Gasteiger partial charge in [0, 0.05) is 21.4 Å². The average Bonchev–Trinajstić information content (AvgIpc) is 2.32. The van der Waals surface area contributed by atoms with Crippen molar-refractivity contribution in [3.05, 3.63) is 68.1 Å². The molecule has 0 bridgehead atoms. The molecule has 2 rings (SSSR count). The zero-order valence-electron chi connectivity index (χ0n) is 9.71. The summed E-state index contributed by atoms with van der Waals surface area (Å²) in [6, 6.07) is 8.70. The molecule has 100 valence electrons. The lowest BCUT2D eigenvalue weighted by Gasteiger charge is -2.14. The van der Waals surface area contributed by atoms with Crippen LogP contribution in [0.15, 0.2) is 45.3 Å². The molecule has 0 amide bonds. The van der Waals surface area contributed by atoms with Crippen LogP contribution >= 0.6 is 31.9 Å². The minimum Gasteiger partial charge on any atom is -0.388 e. The van der Waals surface area contributed by atoms with Gasteiger partial charge in [-0.1, -0.05) is 44.0 Å². The lowest BCUT2D eigenvalue weighted by atomic mass is 10.0. The van der Waals surface area contributed by atoms with E-state index in [1.54, 1.807) is 18.2 Å². The molecule has 0 spiro atoms. The fraction of sp³-hybridized carbons (Fsp3) is 0.143. The molecule has 19 heavy (non-hydrogen) atoms. The van der Waals surface area contributed by atoms with Crippen molar-refractivity contribution in [3.8, 4) is 0 Å². The predicted octanol–water partition coefficient (Wildman–Crippen LogP) is 4.77. The largest absolute Gasteiger partial charge is 0.388 e. The minimum atomic E-state index is -0.859. The first-order valence-corrected chi connectivity index (χ1v) is 7.13. The van der Waals surface area contributed by atoms with Crippen LogP contribution in [0.4, 0.5) is 8.78 Å². The van der Waals surface area contributed by atoms with Crippen LogP contribution in [0.1, 0.15) is 17.2 Å². The Morgan fingerprint density at radius 2 is 1.79 bits per heavy atom. The molecule has 0 fully saturated rings. The molecule has 0 aliphatic rings. The normalized spacial score (nSPS) is 12.5. The summed E-state index contributed by atoms with van der Waals surface area (Å²) in [5.74, 6) is -1.27. The van der Waals surface area contributed by atoms with Gasteiger partial charge in [-0.15, -0.1) is 0 Å². The molecule has 0 saturated carbocycles. The number of aliphatic hydroxyl groups excluding tert-OH is 1. The van der Waals surface area contributed by atoms with Crippen LogP contribution in [0.5, 0.6) is 0 Å². The molecule has 0 heterocycles. The van der Waals surface area contributed by atoms with Crippen molar-refractivity contribution in [1.82, 2.24) is 0 Å². The molecule has 0 aliphatic carbocycles. The highest BCUT2D eigenvalue weighted by Crippen LogP contribution is 2.29. The van der Waals surface area contributed by atoms with Crippen LogP contribution in [0.2, 0.25) is 0 Å². The molecule has 0 aliphatic heterocycles.